The highest BCUT2D eigenvalue weighted by atomic mass is 32.1. The van der Waals surface area contributed by atoms with E-state index in [9.17, 15) is 0 Å². The maximum absolute atomic E-state index is 6.62. The van der Waals surface area contributed by atoms with Crippen molar-refractivity contribution >= 4 is 70.6 Å². The molecule has 0 amide bonds. The highest BCUT2D eigenvalue weighted by molar-refractivity contribution is 7.26. The second-order valence-electron chi connectivity index (χ2n) is 14.0. The van der Waals surface area contributed by atoms with E-state index in [1.165, 1.54) is 4.70 Å². The summed E-state index contributed by atoms with van der Waals surface area (Å²) in [5, 5.41) is 3.81. The van der Waals surface area contributed by atoms with Crippen molar-refractivity contribution < 1.29 is 8.83 Å². The first-order valence-electron chi connectivity index (χ1n) is 19.0. The Morgan fingerprint density at radius 2 is 1.07 bits per heavy atom. The van der Waals surface area contributed by atoms with Crippen LogP contribution in [0.15, 0.2) is 167 Å². The minimum Gasteiger partial charge on any atom is -0.456 e. The lowest BCUT2D eigenvalue weighted by atomic mass is 10.0. The van der Waals surface area contributed by atoms with Gasteiger partial charge in [-0.3, -0.25) is 0 Å². The molecule has 11 aromatic rings. The number of allylic oxidation sites excluding steroid dienone is 2. The molecule has 11 rings (SSSR count). The predicted octanol–water partition coefficient (Wildman–Crippen LogP) is 13.5. The highest BCUT2D eigenvalue weighted by Gasteiger charge is 2.24. The van der Waals surface area contributed by atoms with E-state index in [0.717, 1.165) is 87.8 Å². The van der Waals surface area contributed by atoms with Gasteiger partial charge in [0.1, 0.15) is 22.5 Å². The SMILES string of the molecule is C=C/C=C\c1oc2cccc(-c3nc(-c4ccccc4)nc(-c4cccc5oc6cccc(-c7nc(-c8ccccc8)c8sc9ccccc9c8n7)c6c45)n3)c2c1C. The van der Waals surface area contributed by atoms with Gasteiger partial charge in [-0.1, -0.05) is 134 Å². The van der Waals surface area contributed by atoms with Crippen LogP contribution in [0.2, 0.25) is 0 Å². The predicted molar refractivity (Wildman–Crippen MR) is 237 cm³/mol. The molecule has 0 atom stereocenters. The Morgan fingerprint density at radius 3 is 1.72 bits per heavy atom. The zero-order chi connectivity index (χ0) is 38.7. The molecule has 0 unspecified atom stereocenters. The number of furan rings is 2. The number of rotatable bonds is 7. The minimum absolute atomic E-state index is 0.516. The molecule has 8 heteroatoms. The first-order chi connectivity index (χ1) is 28.6. The van der Waals surface area contributed by atoms with E-state index in [-0.39, 0.29) is 0 Å². The van der Waals surface area contributed by atoms with E-state index in [0.29, 0.717) is 28.9 Å². The zero-order valence-corrected chi connectivity index (χ0v) is 32.0. The lowest BCUT2D eigenvalue weighted by molar-refractivity contribution is 0.601. The summed E-state index contributed by atoms with van der Waals surface area (Å²) >= 11 is 1.72. The quantitative estimate of drug-likeness (QED) is 0.149. The lowest BCUT2D eigenvalue weighted by Gasteiger charge is -2.11. The molecule has 274 valence electrons. The third kappa shape index (κ3) is 5.45. The Hall–Kier alpha value is -7.55. The highest BCUT2D eigenvalue weighted by Crippen LogP contribution is 2.44. The topological polar surface area (TPSA) is 90.7 Å². The number of hydrogen-bond donors (Lipinski definition) is 0. The molecule has 0 aliphatic heterocycles. The molecular weight excluding hydrogens is 735 g/mol. The second kappa shape index (κ2) is 13.6. The normalized spacial score (nSPS) is 11.9. The van der Waals surface area contributed by atoms with Crippen molar-refractivity contribution in [1.82, 2.24) is 24.9 Å². The van der Waals surface area contributed by atoms with E-state index in [2.05, 4.69) is 62.0 Å². The van der Waals surface area contributed by atoms with Crippen molar-refractivity contribution in [3.63, 3.8) is 0 Å². The first kappa shape index (κ1) is 33.8. The number of aromatic nitrogens is 5. The van der Waals surface area contributed by atoms with Gasteiger partial charge in [0.05, 0.1) is 15.9 Å². The van der Waals surface area contributed by atoms with Gasteiger partial charge in [-0.2, -0.15) is 0 Å². The third-order valence-electron chi connectivity index (χ3n) is 10.6. The average Bonchev–Trinajstić information content (AvgIpc) is 3.96. The van der Waals surface area contributed by atoms with Gasteiger partial charge in [0.2, 0.25) is 0 Å². The van der Waals surface area contributed by atoms with Gasteiger partial charge in [-0.15, -0.1) is 11.3 Å². The molecule has 0 saturated heterocycles. The molecule has 0 saturated carbocycles. The molecule has 5 aromatic heterocycles. The zero-order valence-electron chi connectivity index (χ0n) is 31.2. The van der Waals surface area contributed by atoms with Crippen LogP contribution in [-0.2, 0) is 0 Å². The molecule has 5 heterocycles. The Labute approximate surface area is 336 Å². The lowest BCUT2D eigenvalue weighted by Crippen LogP contribution is -2.01. The van der Waals surface area contributed by atoms with Gasteiger partial charge < -0.3 is 8.83 Å². The van der Waals surface area contributed by atoms with Crippen molar-refractivity contribution in [2.24, 2.45) is 0 Å². The molecule has 58 heavy (non-hydrogen) atoms. The Kier molecular flexibility index (Phi) is 7.91. The van der Waals surface area contributed by atoms with Gasteiger partial charge in [-0.05, 0) is 37.3 Å². The number of thiophene rings is 1. The molecule has 0 bridgehead atoms. The molecule has 0 radical (unpaired) electrons. The minimum atomic E-state index is 0.516. The molecule has 0 fully saturated rings. The number of fused-ring (bicyclic) bond motifs is 7. The largest absolute Gasteiger partial charge is 0.456 e. The summed E-state index contributed by atoms with van der Waals surface area (Å²) in [6.45, 7) is 5.88. The third-order valence-corrected chi connectivity index (χ3v) is 11.7. The van der Waals surface area contributed by atoms with Crippen LogP contribution in [0.5, 0.6) is 0 Å². The van der Waals surface area contributed by atoms with E-state index in [1.807, 2.05) is 103 Å². The number of benzene rings is 6. The van der Waals surface area contributed by atoms with Crippen LogP contribution in [0.1, 0.15) is 11.3 Å². The van der Waals surface area contributed by atoms with Crippen LogP contribution in [0.3, 0.4) is 0 Å². The fourth-order valence-electron chi connectivity index (χ4n) is 7.90. The first-order valence-corrected chi connectivity index (χ1v) is 19.8. The maximum atomic E-state index is 6.62. The summed E-state index contributed by atoms with van der Waals surface area (Å²) in [6, 6.07) is 46.8. The smallest absolute Gasteiger partial charge is 0.164 e. The molecule has 0 aliphatic carbocycles. The molecular formula is C50H31N5O2S. The van der Waals surface area contributed by atoms with Crippen molar-refractivity contribution in [2.75, 3.05) is 0 Å². The van der Waals surface area contributed by atoms with Crippen LogP contribution >= 0.6 is 11.3 Å². The number of aryl methyl sites for hydroxylation is 1. The summed E-state index contributed by atoms with van der Waals surface area (Å²) in [5.74, 6) is 2.98. The van der Waals surface area contributed by atoms with Crippen molar-refractivity contribution in [3.8, 4) is 56.8 Å². The van der Waals surface area contributed by atoms with Crippen LogP contribution in [0.25, 0.3) is 116 Å². The van der Waals surface area contributed by atoms with Crippen molar-refractivity contribution in [1.29, 1.82) is 0 Å². The van der Waals surface area contributed by atoms with E-state index in [1.54, 1.807) is 17.4 Å². The van der Waals surface area contributed by atoms with Crippen LogP contribution in [-0.4, -0.2) is 24.9 Å². The van der Waals surface area contributed by atoms with Crippen LogP contribution < -0.4 is 0 Å². The van der Waals surface area contributed by atoms with Crippen molar-refractivity contribution in [3.05, 3.63) is 170 Å². The average molecular weight is 766 g/mol. The maximum Gasteiger partial charge on any atom is 0.164 e. The summed E-state index contributed by atoms with van der Waals surface area (Å²) in [4.78, 5) is 26.2. The Balaban J connectivity index is 1.18. The fourth-order valence-corrected chi connectivity index (χ4v) is 9.05. The van der Waals surface area contributed by atoms with E-state index < -0.39 is 0 Å². The van der Waals surface area contributed by atoms with Gasteiger partial charge >= 0.3 is 0 Å². The Morgan fingerprint density at radius 1 is 0.517 bits per heavy atom. The standard InChI is InChI=1S/C50H31N5O2S/c1-3-4-24-36-29(2)41-33(21-13-25-37(41)56-36)49-53-47(31-18-9-6-10-19-31)54-50(55-49)35-23-15-27-39-43(35)42-34(22-14-26-38(42)57-39)48-51-44(30-16-7-5-8-17-30)46-45(52-48)32-20-11-12-28-40(32)58-46/h3-28H,1H2,2H3/b24-4-. The number of hydrogen-bond acceptors (Lipinski definition) is 8. The molecule has 7 nitrogen and oxygen atoms in total. The van der Waals surface area contributed by atoms with Crippen LogP contribution in [0.4, 0.5) is 0 Å². The summed E-state index contributed by atoms with van der Waals surface area (Å²) in [5.41, 5.74) is 9.41. The molecule has 0 N–H and O–H groups in total. The number of nitrogens with zero attached hydrogens (tertiary/aromatic N) is 5. The second-order valence-corrected chi connectivity index (χ2v) is 15.1. The summed E-state index contributed by atoms with van der Waals surface area (Å²) in [7, 11) is 0. The Bertz CT molecular complexity index is 3440. The molecule has 6 aromatic carbocycles. The van der Waals surface area contributed by atoms with Crippen molar-refractivity contribution in [2.45, 2.75) is 6.92 Å². The van der Waals surface area contributed by atoms with Gasteiger partial charge in [0.15, 0.2) is 23.3 Å². The van der Waals surface area contributed by atoms with E-state index in [4.69, 9.17) is 33.8 Å². The molecule has 0 aliphatic rings. The monoisotopic (exact) mass is 765 g/mol. The molecule has 0 spiro atoms. The fraction of sp³-hybridized carbons (Fsp3) is 0.0200. The van der Waals surface area contributed by atoms with E-state index >= 15 is 0 Å². The summed E-state index contributed by atoms with van der Waals surface area (Å²) < 4.78 is 15.1. The summed E-state index contributed by atoms with van der Waals surface area (Å²) in [6.07, 6.45) is 5.53. The van der Waals surface area contributed by atoms with Gasteiger partial charge in [0.25, 0.3) is 0 Å². The van der Waals surface area contributed by atoms with Crippen LogP contribution in [0, 0.1) is 6.92 Å². The van der Waals surface area contributed by atoms with Gasteiger partial charge in [0, 0.05) is 59.6 Å². The van der Waals surface area contributed by atoms with Gasteiger partial charge in [-0.25, -0.2) is 24.9 Å².